The topological polar surface area (TPSA) is 86.0 Å². The van der Waals surface area contributed by atoms with Gasteiger partial charge in [-0.05, 0) is 30.7 Å². The molecule has 0 unspecified atom stereocenters. The number of carbonyl (C=O) groups is 1. The number of benzene rings is 1. The lowest BCUT2D eigenvalue weighted by atomic mass is 10.1. The lowest BCUT2D eigenvalue weighted by molar-refractivity contribution is -0.130. The summed E-state index contributed by atoms with van der Waals surface area (Å²) in [6.07, 6.45) is 1.60. The van der Waals surface area contributed by atoms with Crippen LogP contribution < -0.4 is 15.5 Å². The maximum absolute atomic E-state index is 12.7. The molecule has 1 aromatic carbocycles. The Hall–Kier alpha value is -2.01. The van der Waals surface area contributed by atoms with Gasteiger partial charge in [-0.15, -0.1) is 24.0 Å². The second-order valence-corrected chi connectivity index (χ2v) is 7.80. The fourth-order valence-electron chi connectivity index (χ4n) is 3.67. The van der Waals surface area contributed by atoms with Gasteiger partial charge in [0.25, 0.3) is 0 Å². The number of halogens is 2. The van der Waals surface area contributed by atoms with Crippen molar-refractivity contribution in [2.45, 2.75) is 33.2 Å². The van der Waals surface area contributed by atoms with Gasteiger partial charge in [-0.2, -0.15) is 0 Å². The Labute approximate surface area is 211 Å². The van der Waals surface area contributed by atoms with Gasteiger partial charge in [0.1, 0.15) is 5.76 Å². The number of hydrogen-bond donors (Lipinski definition) is 2. The number of hydrogen-bond acceptors (Lipinski definition) is 5. The van der Waals surface area contributed by atoms with E-state index in [2.05, 4.69) is 32.6 Å². The molecule has 0 radical (unpaired) electrons. The summed E-state index contributed by atoms with van der Waals surface area (Å²) in [4.78, 5) is 21.0. The Bertz CT molecular complexity index is 873. The van der Waals surface area contributed by atoms with Crippen molar-refractivity contribution in [2.75, 3.05) is 44.7 Å². The zero-order valence-electron chi connectivity index (χ0n) is 18.9. The summed E-state index contributed by atoms with van der Waals surface area (Å²) in [6, 6.07) is 7.81. The van der Waals surface area contributed by atoms with Gasteiger partial charge in [-0.3, -0.25) is 9.79 Å². The summed E-state index contributed by atoms with van der Waals surface area (Å²) in [5.74, 6) is 1.53. The van der Waals surface area contributed by atoms with E-state index in [1.54, 1.807) is 7.05 Å². The van der Waals surface area contributed by atoms with Crippen LogP contribution in [0.5, 0.6) is 0 Å². The Kier molecular flexibility index (Phi) is 10.6. The van der Waals surface area contributed by atoms with Crippen LogP contribution in [0.4, 0.5) is 5.69 Å². The number of aryl methyl sites for hydroxylation is 2. The van der Waals surface area contributed by atoms with Crippen LogP contribution in [-0.4, -0.2) is 61.7 Å². The van der Waals surface area contributed by atoms with Crippen molar-refractivity contribution >= 4 is 53.1 Å². The van der Waals surface area contributed by atoms with Crippen LogP contribution in [0.2, 0.25) is 5.02 Å². The molecule has 0 atom stereocenters. The molecule has 2 N–H and O–H groups in total. The molecule has 1 saturated heterocycles. The number of aromatic nitrogens is 1. The van der Waals surface area contributed by atoms with Crippen LogP contribution in [-0.2, 0) is 24.2 Å². The normalized spacial score (nSPS) is 14.2. The number of rotatable bonds is 7. The molecule has 2 aromatic rings. The van der Waals surface area contributed by atoms with Crippen molar-refractivity contribution in [1.29, 1.82) is 0 Å². The molecule has 8 nitrogen and oxygen atoms in total. The Morgan fingerprint density at radius 3 is 2.41 bits per heavy atom. The maximum atomic E-state index is 12.7. The quantitative estimate of drug-likeness (QED) is 0.300. The van der Waals surface area contributed by atoms with Gasteiger partial charge in [0.2, 0.25) is 5.91 Å². The van der Waals surface area contributed by atoms with Gasteiger partial charge in [-0.1, -0.05) is 30.6 Å². The number of piperazine rings is 1. The van der Waals surface area contributed by atoms with E-state index in [0.29, 0.717) is 25.6 Å². The van der Waals surface area contributed by atoms with Crippen LogP contribution in [0.1, 0.15) is 30.9 Å². The van der Waals surface area contributed by atoms with Gasteiger partial charge in [0.05, 0.1) is 12.2 Å². The third-order valence-electron chi connectivity index (χ3n) is 5.49. The Morgan fingerprint density at radius 2 is 1.81 bits per heavy atom. The minimum Gasteiger partial charge on any atom is -0.368 e. The lowest BCUT2D eigenvalue weighted by Crippen LogP contribution is -2.52. The van der Waals surface area contributed by atoms with Crippen molar-refractivity contribution < 1.29 is 9.32 Å². The highest BCUT2D eigenvalue weighted by molar-refractivity contribution is 14.0. The molecule has 1 aliphatic heterocycles. The van der Waals surface area contributed by atoms with E-state index >= 15 is 0 Å². The fraction of sp³-hybridized carbons (Fsp3) is 0.500. The van der Waals surface area contributed by atoms with E-state index in [0.717, 1.165) is 53.7 Å². The largest absolute Gasteiger partial charge is 0.368 e. The summed E-state index contributed by atoms with van der Waals surface area (Å²) in [5, 5.41) is 11.2. The SMILES string of the molecule is CCc1noc(CC)c1CNC(=NC)NCC(=O)N1CCN(c2ccc(Cl)cc2)CC1.I. The summed E-state index contributed by atoms with van der Waals surface area (Å²) in [5.41, 5.74) is 3.15. The van der Waals surface area contributed by atoms with E-state index in [9.17, 15) is 4.79 Å². The van der Waals surface area contributed by atoms with Gasteiger partial charge < -0.3 is 25.0 Å². The summed E-state index contributed by atoms with van der Waals surface area (Å²) < 4.78 is 5.40. The zero-order valence-corrected chi connectivity index (χ0v) is 21.9. The fourth-order valence-corrected chi connectivity index (χ4v) is 3.79. The van der Waals surface area contributed by atoms with Gasteiger partial charge in [0.15, 0.2) is 5.96 Å². The average molecular weight is 575 g/mol. The zero-order chi connectivity index (χ0) is 22.2. The summed E-state index contributed by atoms with van der Waals surface area (Å²) in [6.45, 7) is 7.84. The van der Waals surface area contributed by atoms with Crippen molar-refractivity contribution in [2.24, 2.45) is 4.99 Å². The van der Waals surface area contributed by atoms with Crippen LogP contribution >= 0.6 is 35.6 Å². The molecular weight excluding hydrogens is 543 g/mol. The van der Waals surface area contributed by atoms with Crippen molar-refractivity contribution in [1.82, 2.24) is 20.7 Å². The second kappa shape index (κ2) is 12.9. The smallest absolute Gasteiger partial charge is 0.242 e. The molecule has 1 amide bonds. The molecule has 10 heteroatoms. The minimum atomic E-state index is 0. The number of amides is 1. The number of aliphatic imine (C=N–C) groups is 1. The summed E-state index contributed by atoms with van der Waals surface area (Å²) in [7, 11) is 1.69. The predicted octanol–water partition coefficient (Wildman–Crippen LogP) is 3.08. The monoisotopic (exact) mass is 574 g/mol. The standard InChI is InChI=1S/C22H31ClN6O2.HI/c1-4-19-18(20(5-2)31-27-19)14-25-22(24-3)26-15-21(30)29-12-10-28(11-13-29)17-8-6-16(23)7-9-17;/h6-9H,4-5,10-15H2,1-3H3,(H2,24,25,26);1H. The molecule has 32 heavy (non-hydrogen) atoms. The van der Waals surface area contributed by atoms with Crippen LogP contribution in [0, 0.1) is 0 Å². The summed E-state index contributed by atoms with van der Waals surface area (Å²) >= 11 is 5.97. The van der Waals surface area contributed by atoms with Gasteiger partial charge in [-0.25, -0.2) is 0 Å². The number of carbonyl (C=O) groups excluding carboxylic acids is 1. The molecule has 1 fully saturated rings. The molecule has 1 aromatic heterocycles. The first-order valence-electron chi connectivity index (χ1n) is 10.7. The second-order valence-electron chi connectivity index (χ2n) is 7.36. The first-order chi connectivity index (χ1) is 15.0. The third kappa shape index (κ3) is 6.74. The third-order valence-corrected chi connectivity index (χ3v) is 5.75. The molecule has 176 valence electrons. The molecular formula is C22H32ClIN6O2. The van der Waals surface area contributed by atoms with E-state index in [4.69, 9.17) is 16.1 Å². The van der Waals surface area contributed by atoms with Crippen LogP contribution in [0.3, 0.4) is 0 Å². The number of guanidine groups is 1. The molecule has 0 bridgehead atoms. The van der Waals surface area contributed by atoms with Crippen molar-refractivity contribution in [3.05, 3.63) is 46.3 Å². The van der Waals surface area contributed by atoms with Gasteiger partial charge in [0, 0.05) is 62.5 Å². The highest BCUT2D eigenvalue weighted by Gasteiger charge is 2.21. The first kappa shape index (κ1) is 26.2. The Morgan fingerprint density at radius 1 is 1.12 bits per heavy atom. The number of nitrogens with one attached hydrogen (secondary N) is 2. The number of anilines is 1. The van der Waals surface area contributed by atoms with Crippen LogP contribution in [0.25, 0.3) is 0 Å². The van der Waals surface area contributed by atoms with E-state index < -0.39 is 0 Å². The van der Waals surface area contributed by atoms with Crippen LogP contribution in [0.15, 0.2) is 33.8 Å². The maximum Gasteiger partial charge on any atom is 0.242 e. The highest BCUT2D eigenvalue weighted by atomic mass is 127. The van der Waals surface area contributed by atoms with E-state index in [1.807, 2.05) is 36.1 Å². The van der Waals surface area contributed by atoms with Crippen molar-refractivity contribution in [3.8, 4) is 0 Å². The molecule has 0 spiro atoms. The molecule has 2 heterocycles. The molecule has 3 rings (SSSR count). The lowest BCUT2D eigenvalue weighted by Gasteiger charge is -2.36. The number of nitrogens with zero attached hydrogens (tertiary/aromatic N) is 4. The minimum absolute atomic E-state index is 0. The predicted molar refractivity (Wildman–Crippen MR) is 139 cm³/mol. The molecule has 0 aliphatic carbocycles. The average Bonchev–Trinajstić information content (AvgIpc) is 3.21. The molecule has 1 aliphatic rings. The molecule has 0 saturated carbocycles. The van der Waals surface area contributed by atoms with Crippen molar-refractivity contribution in [3.63, 3.8) is 0 Å². The highest BCUT2D eigenvalue weighted by Crippen LogP contribution is 2.19. The Balaban J connectivity index is 0.00000363. The first-order valence-corrected chi connectivity index (χ1v) is 11.1. The van der Waals surface area contributed by atoms with Gasteiger partial charge >= 0.3 is 0 Å². The van der Waals surface area contributed by atoms with E-state index in [1.165, 1.54) is 0 Å². The van der Waals surface area contributed by atoms with E-state index in [-0.39, 0.29) is 36.4 Å².